The number of aliphatic carboxylic acids is 1. The first-order valence-electron chi connectivity index (χ1n) is 8.11. The third kappa shape index (κ3) is 5.53. The topological polar surface area (TPSA) is 67.2 Å². The summed E-state index contributed by atoms with van der Waals surface area (Å²) in [5.41, 5.74) is 2.19. The Morgan fingerprint density at radius 3 is 2.70 bits per heavy atom. The van der Waals surface area contributed by atoms with Gasteiger partial charge in [-0.3, -0.25) is 4.79 Å². The van der Waals surface area contributed by atoms with Crippen LogP contribution in [0.4, 0.5) is 0 Å². The predicted molar refractivity (Wildman–Crippen MR) is 90.5 cm³/mol. The number of carboxylic acids is 1. The first-order valence-corrected chi connectivity index (χ1v) is 8.11. The smallest absolute Gasteiger partial charge is 0.306 e. The zero-order valence-electron chi connectivity index (χ0n) is 13.8. The molecule has 0 radical (unpaired) electrons. The number of carboxylic acid groups (broad SMARTS) is 1. The molecule has 0 aliphatic rings. The Morgan fingerprint density at radius 2 is 2.00 bits per heavy atom. The van der Waals surface area contributed by atoms with Crippen molar-refractivity contribution in [3.05, 3.63) is 48.3 Å². The molecule has 2 N–H and O–H groups in total. The van der Waals surface area contributed by atoms with Crippen molar-refractivity contribution in [2.75, 3.05) is 0 Å². The highest BCUT2D eigenvalue weighted by atomic mass is 16.4. The van der Waals surface area contributed by atoms with Gasteiger partial charge in [-0.15, -0.1) is 0 Å². The number of hydrogen-bond donors (Lipinski definition) is 2. The van der Waals surface area contributed by atoms with Crippen LogP contribution in [-0.4, -0.2) is 26.9 Å². The zero-order chi connectivity index (χ0) is 16.7. The molecule has 2 unspecified atom stereocenters. The second kappa shape index (κ2) is 8.48. The Kier molecular flexibility index (Phi) is 6.35. The lowest BCUT2D eigenvalue weighted by Crippen LogP contribution is -2.25. The van der Waals surface area contributed by atoms with Gasteiger partial charge in [-0.1, -0.05) is 31.5 Å². The molecule has 5 nitrogen and oxygen atoms in total. The normalized spacial score (nSPS) is 13.7. The van der Waals surface area contributed by atoms with Crippen LogP contribution in [0.1, 0.15) is 38.7 Å². The highest BCUT2D eigenvalue weighted by Crippen LogP contribution is 2.11. The standard InChI is InChI=1S/C18H25N3O2/c1-14(18(22)23)7-6-8-15(2)19-11-16-12-20-21(13-16)17-9-4-3-5-10-17/h3-5,9-10,12-15,19H,6-8,11H2,1-2H3,(H,22,23). The largest absolute Gasteiger partial charge is 0.481 e. The summed E-state index contributed by atoms with van der Waals surface area (Å²) in [6, 6.07) is 10.4. The van der Waals surface area contributed by atoms with E-state index in [1.165, 1.54) is 0 Å². The molecule has 0 spiro atoms. The molecule has 5 heteroatoms. The predicted octanol–water partition coefficient (Wildman–Crippen LogP) is 3.24. The lowest BCUT2D eigenvalue weighted by molar-refractivity contribution is -0.141. The molecule has 23 heavy (non-hydrogen) atoms. The number of nitrogens with zero attached hydrogens (tertiary/aromatic N) is 2. The van der Waals surface area contributed by atoms with Gasteiger partial charge < -0.3 is 10.4 Å². The van der Waals surface area contributed by atoms with Gasteiger partial charge in [0.25, 0.3) is 0 Å². The van der Waals surface area contributed by atoms with Crippen molar-refractivity contribution in [1.29, 1.82) is 0 Å². The lowest BCUT2D eigenvalue weighted by Gasteiger charge is -2.13. The Balaban J connectivity index is 1.74. The number of para-hydroxylation sites is 1. The van der Waals surface area contributed by atoms with Crippen molar-refractivity contribution in [3.8, 4) is 5.69 Å². The molecule has 0 amide bonds. The third-order valence-electron chi connectivity index (χ3n) is 4.01. The number of nitrogens with one attached hydrogen (secondary N) is 1. The van der Waals surface area contributed by atoms with Gasteiger partial charge in [0.05, 0.1) is 17.8 Å². The molecular formula is C18H25N3O2. The van der Waals surface area contributed by atoms with Crippen molar-refractivity contribution in [2.24, 2.45) is 5.92 Å². The van der Waals surface area contributed by atoms with Gasteiger partial charge in [-0.05, 0) is 31.9 Å². The van der Waals surface area contributed by atoms with E-state index in [9.17, 15) is 4.79 Å². The van der Waals surface area contributed by atoms with Crippen molar-refractivity contribution in [3.63, 3.8) is 0 Å². The Labute approximate surface area is 137 Å². The minimum absolute atomic E-state index is 0.258. The summed E-state index contributed by atoms with van der Waals surface area (Å²) in [7, 11) is 0. The maximum Gasteiger partial charge on any atom is 0.306 e. The van der Waals surface area contributed by atoms with Gasteiger partial charge in [0.15, 0.2) is 0 Å². The van der Waals surface area contributed by atoms with Crippen LogP contribution in [0.5, 0.6) is 0 Å². The van der Waals surface area contributed by atoms with Crippen molar-refractivity contribution >= 4 is 5.97 Å². The van der Waals surface area contributed by atoms with E-state index in [0.29, 0.717) is 6.04 Å². The van der Waals surface area contributed by atoms with E-state index in [4.69, 9.17) is 5.11 Å². The summed E-state index contributed by atoms with van der Waals surface area (Å²) in [6.07, 6.45) is 6.53. The number of aromatic nitrogens is 2. The van der Waals surface area contributed by atoms with Crippen LogP contribution in [0.15, 0.2) is 42.7 Å². The molecule has 2 atom stereocenters. The first-order chi connectivity index (χ1) is 11.1. The molecule has 1 aromatic heterocycles. The van der Waals surface area contributed by atoms with E-state index in [1.807, 2.05) is 47.4 Å². The summed E-state index contributed by atoms with van der Waals surface area (Å²) in [4.78, 5) is 10.8. The van der Waals surface area contributed by atoms with E-state index in [0.717, 1.165) is 37.1 Å². The van der Waals surface area contributed by atoms with E-state index in [2.05, 4.69) is 17.3 Å². The van der Waals surface area contributed by atoms with Crippen LogP contribution < -0.4 is 5.32 Å². The molecule has 1 aromatic carbocycles. The van der Waals surface area contributed by atoms with Gasteiger partial charge in [0.1, 0.15) is 0 Å². The van der Waals surface area contributed by atoms with Crippen LogP contribution in [0.3, 0.4) is 0 Å². The molecule has 2 rings (SSSR count). The minimum atomic E-state index is -0.709. The Bertz CT molecular complexity index is 610. The average molecular weight is 315 g/mol. The molecule has 0 aliphatic heterocycles. The van der Waals surface area contributed by atoms with E-state index < -0.39 is 5.97 Å². The van der Waals surface area contributed by atoms with Crippen LogP contribution in [0, 0.1) is 5.92 Å². The van der Waals surface area contributed by atoms with Gasteiger partial charge >= 0.3 is 5.97 Å². The SMILES string of the molecule is CC(CCCC(C)C(=O)O)NCc1cnn(-c2ccccc2)c1. The summed E-state index contributed by atoms with van der Waals surface area (Å²) in [6.45, 7) is 4.66. The monoisotopic (exact) mass is 315 g/mol. The van der Waals surface area contributed by atoms with E-state index >= 15 is 0 Å². The second-order valence-corrected chi connectivity index (χ2v) is 6.08. The first kappa shape index (κ1) is 17.2. The van der Waals surface area contributed by atoms with Crippen molar-refractivity contribution in [2.45, 2.75) is 45.7 Å². The molecule has 2 aromatic rings. The fourth-order valence-electron chi connectivity index (χ4n) is 2.42. The lowest BCUT2D eigenvalue weighted by atomic mass is 10.0. The quantitative estimate of drug-likeness (QED) is 0.745. The van der Waals surface area contributed by atoms with E-state index in [-0.39, 0.29) is 5.92 Å². The van der Waals surface area contributed by atoms with Gasteiger partial charge in [-0.25, -0.2) is 4.68 Å². The maximum absolute atomic E-state index is 10.8. The Hall–Kier alpha value is -2.14. The summed E-state index contributed by atoms with van der Waals surface area (Å²) in [5, 5.41) is 16.7. The Morgan fingerprint density at radius 1 is 1.26 bits per heavy atom. The van der Waals surface area contributed by atoms with Crippen LogP contribution in [-0.2, 0) is 11.3 Å². The zero-order valence-corrected chi connectivity index (χ0v) is 13.8. The second-order valence-electron chi connectivity index (χ2n) is 6.08. The van der Waals surface area contributed by atoms with Crippen molar-refractivity contribution in [1.82, 2.24) is 15.1 Å². The maximum atomic E-state index is 10.8. The molecular weight excluding hydrogens is 290 g/mol. The molecule has 0 bridgehead atoms. The third-order valence-corrected chi connectivity index (χ3v) is 4.01. The average Bonchev–Trinajstić information content (AvgIpc) is 3.02. The van der Waals surface area contributed by atoms with Gasteiger partial charge in [-0.2, -0.15) is 5.10 Å². The molecule has 0 aliphatic carbocycles. The summed E-state index contributed by atoms with van der Waals surface area (Å²) >= 11 is 0. The molecule has 0 saturated heterocycles. The fourth-order valence-corrected chi connectivity index (χ4v) is 2.42. The summed E-state index contributed by atoms with van der Waals surface area (Å²) in [5.74, 6) is -0.967. The van der Waals surface area contributed by atoms with Crippen LogP contribution in [0.25, 0.3) is 5.69 Å². The highest BCUT2D eigenvalue weighted by Gasteiger charge is 2.11. The number of hydrogen-bond acceptors (Lipinski definition) is 3. The minimum Gasteiger partial charge on any atom is -0.481 e. The van der Waals surface area contributed by atoms with Crippen LogP contribution in [0.2, 0.25) is 0 Å². The number of carbonyl (C=O) groups is 1. The van der Waals surface area contributed by atoms with Gasteiger partial charge in [0.2, 0.25) is 0 Å². The fraction of sp³-hybridized carbons (Fsp3) is 0.444. The summed E-state index contributed by atoms with van der Waals surface area (Å²) < 4.78 is 1.87. The van der Waals surface area contributed by atoms with Crippen molar-refractivity contribution < 1.29 is 9.90 Å². The molecule has 0 fully saturated rings. The molecule has 124 valence electrons. The molecule has 0 saturated carbocycles. The number of benzene rings is 1. The highest BCUT2D eigenvalue weighted by molar-refractivity contribution is 5.69. The van der Waals surface area contributed by atoms with Gasteiger partial charge in [0, 0.05) is 24.3 Å². The van der Waals surface area contributed by atoms with Crippen LogP contribution >= 0.6 is 0 Å². The molecule has 1 heterocycles. The number of rotatable bonds is 9. The van der Waals surface area contributed by atoms with E-state index in [1.54, 1.807) is 6.92 Å².